The van der Waals surface area contributed by atoms with Crippen molar-refractivity contribution in [3.63, 3.8) is 0 Å². The molecule has 0 aliphatic carbocycles. The number of carbonyl (C=O) groups excluding carboxylic acids is 1. The van der Waals surface area contributed by atoms with E-state index < -0.39 is 0 Å². The highest BCUT2D eigenvalue weighted by Crippen LogP contribution is 1.95. The van der Waals surface area contributed by atoms with E-state index in [1.54, 1.807) is 0 Å². The summed E-state index contributed by atoms with van der Waals surface area (Å²) in [6, 6.07) is 9.71. The second-order valence-electron chi connectivity index (χ2n) is 2.06. The summed E-state index contributed by atoms with van der Waals surface area (Å²) in [5.41, 5.74) is 3.17. The fourth-order valence-corrected chi connectivity index (χ4v) is 0.687. The zero-order chi connectivity index (χ0) is 9.23. The molecule has 0 spiro atoms. The lowest BCUT2D eigenvalue weighted by molar-refractivity contribution is -0.106. The molecule has 0 aromatic heterocycles. The first-order chi connectivity index (χ1) is 5.85. The molecular weight excluding hydrogens is 154 g/mol. The van der Waals surface area contributed by atoms with Crippen molar-refractivity contribution in [2.45, 2.75) is 13.5 Å². The molecule has 0 heterocycles. The van der Waals surface area contributed by atoms with E-state index in [1.165, 1.54) is 6.92 Å². The predicted molar refractivity (Wildman–Crippen MR) is 46.8 cm³/mol. The van der Waals surface area contributed by atoms with Crippen molar-refractivity contribution >= 4 is 6.29 Å². The number of hydrogen-bond donors (Lipinski definition) is 2. The number of aldehydes is 1. The monoisotopic (exact) mass is 167 g/mol. The Bertz CT molecular complexity index is 199. The molecule has 1 rings (SSSR count). The molecule has 0 atom stereocenters. The molecule has 0 bridgehead atoms. The molecule has 0 unspecified atom stereocenters. The van der Waals surface area contributed by atoms with Crippen LogP contribution in [0.5, 0.6) is 0 Å². The summed E-state index contributed by atoms with van der Waals surface area (Å²) >= 11 is 0. The van der Waals surface area contributed by atoms with Gasteiger partial charge in [0.2, 0.25) is 0 Å². The van der Waals surface area contributed by atoms with Crippen LogP contribution in [0, 0.1) is 0 Å². The van der Waals surface area contributed by atoms with Gasteiger partial charge in [0.05, 0.1) is 0 Å². The molecule has 0 fully saturated rings. The Balaban J connectivity index is 0.000000354. The molecule has 3 heteroatoms. The molecule has 0 aliphatic rings. The Hall–Kier alpha value is -1.19. The SMILES string of the molecule is CC=O.ONCc1ccccc1. The summed E-state index contributed by atoms with van der Waals surface area (Å²) in [6.45, 7) is 1.96. The minimum Gasteiger partial charge on any atom is -0.316 e. The van der Waals surface area contributed by atoms with Crippen molar-refractivity contribution < 1.29 is 10.0 Å². The second kappa shape index (κ2) is 7.91. The number of carbonyl (C=O) groups is 1. The van der Waals surface area contributed by atoms with Crippen molar-refractivity contribution in [2.24, 2.45) is 0 Å². The van der Waals surface area contributed by atoms with Gasteiger partial charge < -0.3 is 10.0 Å². The van der Waals surface area contributed by atoms with E-state index in [0.29, 0.717) is 6.54 Å². The third-order valence-electron chi connectivity index (χ3n) is 1.13. The number of nitrogens with one attached hydrogen (secondary N) is 1. The minimum absolute atomic E-state index is 0.515. The van der Waals surface area contributed by atoms with E-state index in [1.807, 2.05) is 30.3 Å². The van der Waals surface area contributed by atoms with Crippen molar-refractivity contribution in [1.29, 1.82) is 0 Å². The maximum Gasteiger partial charge on any atom is 0.116 e. The average molecular weight is 167 g/mol. The summed E-state index contributed by atoms with van der Waals surface area (Å²) in [5, 5.41) is 8.27. The van der Waals surface area contributed by atoms with Gasteiger partial charge in [0.15, 0.2) is 0 Å². The van der Waals surface area contributed by atoms with Gasteiger partial charge in [0.1, 0.15) is 6.29 Å². The van der Waals surface area contributed by atoms with Gasteiger partial charge in [-0.2, -0.15) is 0 Å². The highest BCUT2D eigenvalue weighted by atomic mass is 16.5. The van der Waals surface area contributed by atoms with E-state index in [9.17, 15) is 0 Å². The predicted octanol–water partition coefficient (Wildman–Crippen LogP) is 1.37. The lowest BCUT2D eigenvalue weighted by atomic mass is 10.2. The van der Waals surface area contributed by atoms with Gasteiger partial charge in [-0.15, -0.1) is 0 Å². The molecule has 0 radical (unpaired) electrons. The molecule has 0 saturated heterocycles. The quantitative estimate of drug-likeness (QED) is 0.516. The zero-order valence-electron chi connectivity index (χ0n) is 7.03. The third-order valence-corrected chi connectivity index (χ3v) is 1.13. The van der Waals surface area contributed by atoms with E-state index in [2.05, 4.69) is 5.48 Å². The Labute approximate surface area is 72.0 Å². The van der Waals surface area contributed by atoms with Crippen LogP contribution < -0.4 is 5.48 Å². The van der Waals surface area contributed by atoms with Gasteiger partial charge in [-0.1, -0.05) is 30.3 Å². The highest BCUT2D eigenvalue weighted by Gasteiger charge is 1.84. The van der Waals surface area contributed by atoms with Crippen molar-refractivity contribution in [1.82, 2.24) is 5.48 Å². The average Bonchev–Trinajstić information content (AvgIpc) is 2.08. The van der Waals surface area contributed by atoms with E-state index in [4.69, 9.17) is 10.0 Å². The normalized spacial score (nSPS) is 8.17. The van der Waals surface area contributed by atoms with Crippen LogP contribution in [0.25, 0.3) is 0 Å². The Morgan fingerprint density at radius 3 is 2.33 bits per heavy atom. The van der Waals surface area contributed by atoms with Crippen molar-refractivity contribution in [2.75, 3.05) is 0 Å². The largest absolute Gasteiger partial charge is 0.316 e. The van der Waals surface area contributed by atoms with Crippen LogP contribution in [0.4, 0.5) is 0 Å². The van der Waals surface area contributed by atoms with Gasteiger partial charge in [-0.25, -0.2) is 5.48 Å². The summed E-state index contributed by atoms with van der Waals surface area (Å²) in [5.74, 6) is 0. The van der Waals surface area contributed by atoms with Gasteiger partial charge in [0.25, 0.3) is 0 Å². The maximum absolute atomic E-state index is 8.81. The van der Waals surface area contributed by atoms with Crippen LogP contribution in [0.15, 0.2) is 30.3 Å². The fraction of sp³-hybridized carbons (Fsp3) is 0.222. The maximum atomic E-state index is 8.81. The molecule has 0 amide bonds. The van der Waals surface area contributed by atoms with E-state index in [0.717, 1.165) is 11.8 Å². The molecule has 3 nitrogen and oxygen atoms in total. The minimum atomic E-state index is 0.515. The topological polar surface area (TPSA) is 49.3 Å². The van der Waals surface area contributed by atoms with Crippen LogP contribution in [0.3, 0.4) is 0 Å². The van der Waals surface area contributed by atoms with Crippen molar-refractivity contribution in [3.8, 4) is 0 Å². The molecule has 0 aliphatic heterocycles. The number of rotatable bonds is 2. The van der Waals surface area contributed by atoms with Gasteiger partial charge >= 0.3 is 0 Å². The Kier molecular flexibility index (Phi) is 7.13. The summed E-state index contributed by atoms with van der Waals surface area (Å²) in [4.78, 5) is 8.81. The Morgan fingerprint density at radius 2 is 1.92 bits per heavy atom. The third kappa shape index (κ3) is 5.58. The zero-order valence-corrected chi connectivity index (χ0v) is 7.03. The van der Waals surface area contributed by atoms with E-state index >= 15 is 0 Å². The second-order valence-corrected chi connectivity index (χ2v) is 2.06. The molecule has 1 aromatic rings. The molecule has 2 N–H and O–H groups in total. The summed E-state index contributed by atoms with van der Waals surface area (Å²) in [6.07, 6.45) is 0.750. The fourth-order valence-electron chi connectivity index (χ4n) is 0.687. The van der Waals surface area contributed by atoms with Gasteiger partial charge in [-0.05, 0) is 12.5 Å². The number of benzene rings is 1. The summed E-state index contributed by atoms with van der Waals surface area (Å²) < 4.78 is 0. The first-order valence-electron chi connectivity index (χ1n) is 3.65. The molecule has 1 aromatic carbocycles. The first kappa shape index (κ1) is 10.8. The van der Waals surface area contributed by atoms with Gasteiger partial charge in [-0.3, -0.25) is 0 Å². The highest BCUT2D eigenvalue weighted by molar-refractivity contribution is 5.44. The molecule has 0 saturated carbocycles. The van der Waals surface area contributed by atoms with Crippen LogP contribution in [-0.4, -0.2) is 11.5 Å². The summed E-state index contributed by atoms with van der Waals surface area (Å²) in [7, 11) is 0. The number of hydroxylamine groups is 1. The lowest BCUT2D eigenvalue weighted by Gasteiger charge is -1.94. The van der Waals surface area contributed by atoms with E-state index in [-0.39, 0.29) is 0 Å². The smallest absolute Gasteiger partial charge is 0.116 e. The Morgan fingerprint density at radius 1 is 1.42 bits per heavy atom. The molecule has 66 valence electrons. The van der Waals surface area contributed by atoms with Crippen LogP contribution >= 0.6 is 0 Å². The standard InChI is InChI=1S/C7H9NO.C2H4O/c9-8-6-7-4-2-1-3-5-7;1-2-3/h1-5,8-9H,6H2;2H,1H3. The van der Waals surface area contributed by atoms with Gasteiger partial charge in [0, 0.05) is 6.54 Å². The van der Waals surface area contributed by atoms with Crippen molar-refractivity contribution in [3.05, 3.63) is 35.9 Å². The molecular formula is C9H13NO2. The van der Waals surface area contributed by atoms with Crippen LogP contribution in [0.2, 0.25) is 0 Å². The van der Waals surface area contributed by atoms with Crippen LogP contribution in [-0.2, 0) is 11.3 Å². The molecule has 12 heavy (non-hydrogen) atoms. The lowest BCUT2D eigenvalue weighted by Crippen LogP contribution is -2.05. The number of hydrogen-bond acceptors (Lipinski definition) is 3. The first-order valence-corrected chi connectivity index (χ1v) is 3.65. The van der Waals surface area contributed by atoms with Crippen LogP contribution in [0.1, 0.15) is 12.5 Å².